The highest BCUT2D eigenvalue weighted by Gasteiger charge is 2.46. The van der Waals surface area contributed by atoms with Crippen LogP contribution in [-0.2, 0) is 44.7 Å². The number of phenols is 1. The Labute approximate surface area is 488 Å². The molecule has 450 valence electrons. The minimum absolute atomic E-state index is 0.00889. The Hall–Kier alpha value is -8.18. The molecule has 0 spiro atoms. The van der Waals surface area contributed by atoms with Gasteiger partial charge in [-0.2, -0.15) is 0 Å². The largest absolute Gasteiger partial charge is 0.508 e. The van der Waals surface area contributed by atoms with E-state index in [0.29, 0.717) is 12.2 Å². The molecule has 11 N–H and O–H groups in total. The predicted octanol–water partition coefficient (Wildman–Crippen LogP) is 2.53. The number of hydrogen-bond donors (Lipinski definition) is 10. The van der Waals surface area contributed by atoms with Gasteiger partial charge < -0.3 is 72.0 Å². The van der Waals surface area contributed by atoms with Gasteiger partial charge in [-0.05, 0) is 123 Å². The van der Waals surface area contributed by atoms with E-state index in [1.807, 2.05) is 48.5 Å². The van der Waals surface area contributed by atoms with Gasteiger partial charge in [0.25, 0.3) is 5.91 Å². The number of nitrogens with zero attached hydrogens (tertiary/aromatic N) is 2. The predicted molar refractivity (Wildman–Crippen MR) is 310 cm³/mol. The van der Waals surface area contributed by atoms with Crippen LogP contribution in [0.2, 0.25) is 0 Å². The number of carbonyl (C=O) groups excluding carboxylic acids is 8. The molecule has 84 heavy (non-hydrogen) atoms. The first-order valence-electron chi connectivity index (χ1n) is 28.7. The molecule has 0 radical (unpaired) electrons. The average Bonchev–Trinajstić information content (AvgIpc) is 4.25. The molecule has 0 aliphatic carbocycles. The van der Waals surface area contributed by atoms with Crippen LogP contribution in [0.1, 0.15) is 94.0 Å². The molecule has 22 nitrogen and oxygen atoms in total. The van der Waals surface area contributed by atoms with Crippen LogP contribution < -0.4 is 37.1 Å². The number of aromatic hydroxyl groups is 1. The first kappa shape index (κ1) is 63.4. The van der Waals surface area contributed by atoms with Gasteiger partial charge in [-0.15, -0.1) is 0 Å². The Kier molecular flexibility index (Phi) is 22.9. The maximum atomic E-state index is 14.6. The number of fused-ring (bicyclic) bond motifs is 2. The number of unbranched alkanes of at least 4 members (excludes halogenated alkanes) is 2. The summed E-state index contributed by atoms with van der Waals surface area (Å²) < 4.78 is 10.9. The molecule has 10 atom stereocenters. The number of amides is 7. The molecule has 0 aromatic heterocycles. The third-order valence-electron chi connectivity index (χ3n) is 15.3. The summed E-state index contributed by atoms with van der Waals surface area (Å²) in [5.41, 5.74) is 10.4. The van der Waals surface area contributed by atoms with Crippen molar-refractivity contribution in [2.45, 2.75) is 145 Å². The summed E-state index contributed by atoms with van der Waals surface area (Å²) in [6, 6.07) is 18.6. The summed E-state index contributed by atoms with van der Waals surface area (Å²) in [6.07, 6.45) is 1.39. The lowest BCUT2D eigenvalue weighted by molar-refractivity contribution is -0.147. The first-order chi connectivity index (χ1) is 40.4. The first-order valence-corrected chi connectivity index (χ1v) is 28.7. The number of phenolic OH excluding ortho intramolecular Hbond substituents is 1. The summed E-state index contributed by atoms with van der Waals surface area (Å²) in [5.74, 6) is -5.95. The van der Waals surface area contributed by atoms with E-state index >= 15 is 0 Å². The van der Waals surface area contributed by atoms with Crippen molar-refractivity contribution in [3.05, 3.63) is 120 Å². The number of aryl methyl sites for hydroxylation is 1. The third kappa shape index (κ3) is 17.0. The van der Waals surface area contributed by atoms with Gasteiger partial charge in [-0.25, -0.2) is 4.79 Å². The Bertz CT molecular complexity index is 2940. The van der Waals surface area contributed by atoms with E-state index in [2.05, 4.69) is 33.5 Å². The molecule has 0 unspecified atom stereocenters. The number of benzene rings is 4. The van der Waals surface area contributed by atoms with Gasteiger partial charge >= 0.3 is 5.97 Å². The number of esters is 1. The van der Waals surface area contributed by atoms with E-state index in [4.69, 9.17) is 15.2 Å². The minimum atomic E-state index is -1.74. The van der Waals surface area contributed by atoms with E-state index in [9.17, 15) is 58.8 Å². The topological polar surface area (TPSA) is 329 Å². The second kappa shape index (κ2) is 30.4. The van der Waals surface area contributed by atoms with Crippen molar-refractivity contribution in [1.82, 2.24) is 36.4 Å². The molecule has 7 amide bonds. The van der Waals surface area contributed by atoms with Crippen LogP contribution >= 0.6 is 0 Å². The number of nitrogens with one attached hydrogen (secondary N) is 5. The Morgan fingerprint density at radius 1 is 0.667 bits per heavy atom. The van der Waals surface area contributed by atoms with Crippen LogP contribution in [0.3, 0.4) is 0 Å². The van der Waals surface area contributed by atoms with Crippen molar-refractivity contribution in [1.29, 1.82) is 0 Å². The lowest BCUT2D eigenvalue weighted by Crippen LogP contribution is -2.61. The van der Waals surface area contributed by atoms with E-state index in [1.54, 1.807) is 36.4 Å². The van der Waals surface area contributed by atoms with Crippen LogP contribution in [0.4, 0.5) is 0 Å². The molecule has 7 rings (SSSR count). The molecule has 0 bridgehead atoms. The molecule has 4 aromatic rings. The standard InChI is InChI=1S/C62H78N8O14/c1-4-5-8-32-84-47-28-24-42(25-29-47)40-18-16-39(17-19-40)41-20-22-43(23-21-41)55(75)64-48-10-6-7-11-51(62(82)83-3)67-59(79)52-33-45(73)35-69(52)60(80)50(12-9-31-63)66-56(76)49(30-15-38-13-26-44(72)27-14-38)65-58(78)53-34-46(74)36-70(53)61(81)54(37(2)71)68-57(48)77/h6-7,13-14,16-29,37,45-46,48-54,71-74H,4-5,8-12,15,30-36,63H2,1-3H3,(H,64,75)(H,65,78)(H,66,76)(H,67,79)(H,68,77)/b7-6-/t37-,45-,46-,48+,49+,50+,51+,52+,53+,54+/m1/s1. The lowest BCUT2D eigenvalue weighted by atomic mass is 9.99. The van der Waals surface area contributed by atoms with Crippen molar-refractivity contribution in [3.63, 3.8) is 0 Å². The van der Waals surface area contributed by atoms with Gasteiger partial charge in [-0.3, -0.25) is 33.6 Å². The van der Waals surface area contributed by atoms with E-state index < -0.39 is 114 Å². The molecular weight excluding hydrogens is 1080 g/mol. The van der Waals surface area contributed by atoms with Crippen LogP contribution in [0.25, 0.3) is 22.3 Å². The second-order valence-corrected chi connectivity index (χ2v) is 21.6. The fraction of sp³-hybridized carbons (Fsp3) is 0.452. The zero-order valence-corrected chi connectivity index (χ0v) is 47.6. The molecule has 0 saturated carbocycles. The molecule has 2 fully saturated rings. The van der Waals surface area contributed by atoms with Gasteiger partial charge in [0.05, 0.1) is 32.0 Å². The number of rotatable bonds is 17. The third-order valence-corrected chi connectivity index (χ3v) is 15.3. The smallest absolute Gasteiger partial charge is 0.328 e. The van der Waals surface area contributed by atoms with Gasteiger partial charge in [0.1, 0.15) is 53.8 Å². The highest BCUT2D eigenvalue weighted by atomic mass is 16.5. The highest BCUT2D eigenvalue weighted by Crippen LogP contribution is 2.28. The minimum Gasteiger partial charge on any atom is -0.508 e. The fourth-order valence-corrected chi connectivity index (χ4v) is 10.5. The van der Waals surface area contributed by atoms with Crippen molar-refractivity contribution in [3.8, 4) is 33.8 Å². The molecular formula is C62H78N8O14. The zero-order chi connectivity index (χ0) is 60.5. The number of ether oxygens (including phenoxy) is 2. The summed E-state index contributed by atoms with van der Waals surface area (Å²) >= 11 is 0. The highest BCUT2D eigenvalue weighted by molar-refractivity contribution is 6.00. The normalized spacial score (nSPS) is 24.6. The van der Waals surface area contributed by atoms with Crippen molar-refractivity contribution in [2.24, 2.45) is 5.73 Å². The molecule has 4 aromatic carbocycles. The molecule has 3 aliphatic rings. The number of hydrogen-bond acceptors (Lipinski definition) is 15. The number of methoxy groups -OCH3 is 1. The number of carbonyl (C=O) groups is 8. The fourth-order valence-electron chi connectivity index (χ4n) is 10.5. The van der Waals surface area contributed by atoms with Gasteiger partial charge in [0.2, 0.25) is 35.4 Å². The van der Waals surface area contributed by atoms with Crippen molar-refractivity contribution < 1.29 is 68.3 Å². The van der Waals surface area contributed by atoms with Crippen molar-refractivity contribution >= 4 is 47.3 Å². The van der Waals surface area contributed by atoms with Crippen LogP contribution in [0.5, 0.6) is 11.5 Å². The maximum Gasteiger partial charge on any atom is 0.328 e. The molecule has 22 heteroatoms. The molecule has 3 heterocycles. The second-order valence-electron chi connectivity index (χ2n) is 21.6. The van der Waals surface area contributed by atoms with Crippen LogP contribution in [0.15, 0.2) is 109 Å². The quantitative estimate of drug-likeness (QED) is 0.0413. The average molecular weight is 1160 g/mol. The van der Waals surface area contributed by atoms with Gasteiger partial charge in [0, 0.05) is 31.5 Å². The number of aliphatic hydroxyl groups is 3. The van der Waals surface area contributed by atoms with Crippen molar-refractivity contribution in [2.75, 3.05) is 33.4 Å². The molecule has 2 saturated heterocycles. The van der Waals surface area contributed by atoms with E-state index in [0.717, 1.165) is 64.2 Å². The monoisotopic (exact) mass is 1160 g/mol. The summed E-state index contributed by atoms with van der Waals surface area (Å²) in [4.78, 5) is 116. The zero-order valence-electron chi connectivity index (χ0n) is 47.6. The molecule has 3 aliphatic heterocycles. The maximum absolute atomic E-state index is 14.6. The Morgan fingerprint density at radius 2 is 1.21 bits per heavy atom. The lowest BCUT2D eigenvalue weighted by Gasteiger charge is -2.32. The van der Waals surface area contributed by atoms with Crippen LogP contribution in [0, 0.1) is 0 Å². The summed E-state index contributed by atoms with van der Waals surface area (Å²) in [6.45, 7) is 3.44. The van der Waals surface area contributed by atoms with Gasteiger partial charge in [0.15, 0.2) is 0 Å². The Morgan fingerprint density at radius 3 is 1.79 bits per heavy atom. The van der Waals surface area contributed by atoms with E-state index in [-0.39, 0.29) is 75.8 Å². The number of aliphatic hydroxyl groups excluding tert-OH is 3. The Balaban J connectivity index is 1.16. The summed E-state index contributed by atoms with van der Waals surface area (Å²) in [5, 5.41) is 56.2. The van der Waals surface area contributed by atoms with Gasteiger partial charge in [-0.1, -0.05) is 92.6 Å². The van der Waals surface area contributed by atoms with E-state index in [1.165, 1.54) is 31.2 Å². The van der Waals surface area contributed by atoms with Crippen LogP contribution in [-0.4, -0.2) is 172 Å². The number of nitrogens with two attached hydrogens (primary N) is 1. The SMILES string of the molecule is CCCCCOc1ccc(-c2ccc(-c3ccc(C(=O)N[C@H]4C/C=C\C[C@@H](C(=O)OC)NC(=O)[C@@H]5C[C@@H](O)CN5C(=O)[C@H](CCCN)NC(=O)[C@H](CCc5ccc(O)cc5)NC(=O)[C@@H]5C[C@@H](O)CN5C(=O)[C@H]([C@@H](C)O)NC4=O)cc3)cc2)cc1. The summed E-state index contributed by atoms with van der Waals surface area (Å²) in [7, 11) is 1.11.